The Morgan fingerprint density at radius 3 is 1.75 bits per heavy atom. The molecule has 0 aliphatic rings. The quantitative estimate of drug-likeness (QED) is 0.542. The van der Waals surface area contributed by atoms with Crippen LogP contribution in [0.15, 0.2) is 91.5 Å². The van der Waals surface area contributed by atoms with E-state index in [1.165, 1.54) is 16.7 Å². The van der Waals surface area contributed by atoms with Gasteiger partial charge in [0, 0.05) is 30.4 Å². The van der Waals surface area contributed by atoms with Gasteiger partial charge in [0.05, 0.1) is 0 Å². The van der Waals surface area contributed by atoms with Crippen LogP contribution in [0.25, 0.3) is 33.6 Å². The van der Waals surface area contributed by atoms with Crippen molar-refractivity contribution in [3.05, 3.63) is 91.5 Å². The van der Waals surface area contributed by atoms with Crippen LogP contribution in [-0.4, -0.2) is 15.0 Å². The molecule has 4 rings (SSSR count). The predicted octanol–water partition coefficient (Wildman–Crippen LogP) is 4.87. The number of hydrogen-bond donors (Lipinski definition) is 0. The highest BCUT2D eigenvalue weighted by Crippen LogP contribution is 2.27. The van der Waals surface area contributed by atoms with Gasteiger partial charge < -0.3 is 0 Å². The molecule has 24 heavy (non-hydrogen) atoms. The standard InChI is InChI=1S/C21H15N3/c1-3-19(15-20(4-1)21-23-11-2-12-24-21)17-7-5-16(6-8-17)18-9-13-22-14-10-18/h1-15H. The third-order valence-electron chi connectivity index (χ3n) is 3.92. The second kappa shape index (κ2) is 6.42. The maximum Gasteiger partial charge on any atom is 0.159 e. The minimum Gasteiger partial charge on any atom is -0.265 e. The molecule has 3 heteroatoms. The van der Waals surface area contributed by atoms with Gasteiger partial charge in [0.2, 0.25) is 0 Å². The van der Waals surface area contributed by atoms with E-state index in [0.717, 1.165) is 17.0 Å². The van der Waals surface area contributed by atoms with E-state index in [1.54, 1.807) is 12.4 Å². The highest BCUT2D eigenvalue weighted by atomic mass is 14.8. The molecule has 2 aromatic carbocycles. The molecule has 2 heterocycles. The van der Waals surface area contributed by atoms with Gasteiger partial charge in [-0.2, -0.15) is 0 Å². The van der Waals surface area contributed by atoms with E-state index in [2.05, 4.69) is 51.4 Å². The third-order valence-corrected chi connectivity index (χ3v) is 3.92. The molecule has 2 aromatic heterocycles. The van der Waals surface area contributed by atoms with Gasteiger partial charge in [-0.25, -0.2) is 9.97 Å². The number of aromatic nitrogens is 3. The maximum atomic E-state index is 4.32. The van der Waals surface area contributed by atoms with Gasteiger partial charge in [-0.1, -0.05) is 42.5 Å². The van der Waals surface area contributed by atoms with Crippen LogP contribution in [0.5, 0.6) is 0 Å². The van der Waals surface area contributed by atoms with Crippen molar-refractivity contribution in [2.75, 3.05) is 0 Å². The van der Waals surface area contributed by atoms with E-state index in [0.29, 0.717) is 0 Å². The number of rotatable bonds is 3. The molecule has 0 atom stereocenters. The smallest absolute Gasteiger partial charge is 0.159 e. The fraction of sp³-hybridized carbons (Fsp3) is 0. The zero-order valence-corrected chi connectivity index (χ0v) is 13.0. The van der Waals surface area contributed by atoms with Crippen LogP contribution in [0.3, 0.4) is 0 Å². The van der Waals surface area contributed by atoms with E-state index in [-0.39, 0.29) is 0 Å². The highest BCUT2D eigenvalue weighted by molar-refractivity contribution is 5.73. The van der Waals surface area contributed by atoms with Gasteiger partial charge in [-0.05, 0) is 46.5 Å². The average Bonchev–Trinajstić information content (AvgIpc) is 2.70. The molecular formula is C21H15N3. The summed E-state index contributed by atoms with van der Waals surface area (Å²) in [5.74, 6) is 0.743. The molecule has 0 N–H and O–H groups in total. The highest BCUT2D eigenvalue weighted by Gasteiger charge is 2.04. The predicted molar refractivity (Wildman–Crippen MR) is 96.1 cm³/mol. The Morgan fingerprint density at radius 1 is 0.458 bits per heavy atom. The second-order valence-corrected chi connectivity index (χ2v) is 5.47. The van der Waals surface area contributed by atoms with Crippen LogP contribution < -0.4 is 0 Å². The van der Waals surface area contributed by atoms with Crippen LogP contribution >= 0.6 is 0 Å². The summed E-state index contributed by atoms with van der Waals surface area (Å²) < 4.78 is 0. The summed E-state index contributed by atoms with van der Waals surface area (Å²) in [6, 6.07) is 22.7. The largest absolute Gasteiger partial charge is 0.265 e. The summed E-state index contributed by atoms with van der Waals surface area (Å²) >= 11 is 0. The Bertz CT molecular complexity index is 933. The van der Waals surface area contributed by atoms with Gasteiger partial charge >= 0.3 is 0 Å². The van der Waals surface area contributed by atoms with Crippen molar-refractivity contribution < 1.29 is 0 Å². The Morgan fingerprint density at radius 2 is 1.04 bits per heavy atom. The van der Waals surface area contributed by atoms with E-state index < -0.39 is 0 Å². The minimum absolute atomic E-state index is 0.743. The van der Waals surface area contributed by atoms with Crippen LogP contribution in [0.1, 0.15) is 0 Å². The Kier molecular flexibility index (Phi) is 3.82. The van der Waals surface area contributed by atoms with Crippen LogP contribution in [0.4, 0.5) is 0 Å². The van der Waals surface area contributed by atoms with E-state index in [1.807, 2.05) is 42.7 Å². The van der Waals surface area contributed by atoms with Crippen molar-refractivity contribution in [1.82, 2.24) is 15.0 Å². The first kappa shape index (κ1) is 14.3. The van der Waals surface area contributed by atoms with Gasteiger partial charge in [0.15, 0.2) is 5.82 Å². The van der Waals surface area contributed by atoms with E-state index in [9.17, 15) is 0 Å². The van der Waals surface area contributed by atoms with Crippen molar-refractivity contribution in [2.45, 2.75) is 0 Å². The molecule has 114 valence electrons. The lowest BCUT2D eigenvalue weighted by molar-refractivity contribution is 1.18. The van der Waals surface area contributed by atoms with Crippen LogP contribution in [0, 0.1) is 0 Å². The summed E-state index contributed by atoms with van der Waals surface area (Å²) in [7, 11) is 0. The molecule has 0 fully saturated rings. The van der Waals surface area contributed by atoms with Crippen LogP contribution in [-0.2, 0) is 0 Å². The lowest BCUT2D eigenvalue weighted by Crippen LogP contribution is -1.87. The van der Waals surface area contributed by atoms with E-state index in [4.69, 9.17) is 0 Å². The Balaban J connectivity index is 1.67. The van der Waals surface area contributed by atoms with Gasteiger partial charge in [-0.3, -0.25) is 4.98 Å². The second-order valence-electron chi connectivity index (χ2n) is 5.47. The SMILES string of the molecule is c1cnc(-c2cccc(-c3ccc(-c4ccncc4)cc3)c2)nc1. The van der Waals surface area contributed by atoms with Crippen LogP contribution in [0.2, 0.25) is 0 Å². The van der Waals surface area contributed by atoms with Crippen molar-refractivity contribution in [1.29, 1.82) is 0 Å². The van der Waals surface area contributed by atoms with Crippen molar-refractivity contribution in [3.8, 4) is 33.6 Å². The van der Waals surface area contributed by atoms with Gasteiger partial charge in [-0.15, -0.1) is 0 Å². The van der Waals surface area contributed by atoms with Crippen molar-refractivity contribution in [3.63, 3.8) is 0 Å². The number of pyridine rings is 1. The Labute approximate surface area is 140 Å². The number of hydrogen-bond acceptors (Lipinski definition) is 3. The van der Waals surface area contributed by atoms with Gasteiger partial charge in [0.1, 0.15) is 0 Å². The van der Waals surface area contributed by atoms with E-state index >= 15 is 0 Å². The molecule has 0 unspecified atom stereocenters. The molecule has 4 aromatic rings. The molecule has 0 saturated heterocycles. The summed E-state index contributed by atoms with van der Waals surface area (Å²) in [5, 5.41) is 0. The normalized spacial score (nSPS) is 10.5. The summed E-state index contributed by atoms with van der Waals surface area (Å²) in [6.07, 6.45) is 7.15. The molecule has 0 saturated carbocycles. The monoisotopic (exact) mass is 309 g/mol. The molecule has 0 bridgehead atoms. The maximum absolute atomic E-state index is 4.32. The minimum atomic E-state index is 0.743. The zero-order chi connectivity index (χ0) is 16.2. The average molecular weight is 309 g/mol. The molecular weight excluding hydrogens is 294 g/mol. The van der Waals surface area contributed by atoms with Crippen molar-refractivity contribution in [2.24, 2.45) is 0 Å². The summed E-state index contributed by atoms with van der Waals surface area (Å²) in [4.78, 5) is 12.7. The molecule has 0 aliphatic carbocycles. The number of benzene rings is 2. The van der Waals surface area contributed by atoms with Gasteiger partial charge in [0.25, 0.3) is 0 Å². The first-order chi connectivity index (χ1) is 11.9. The summed E-state index contributed by atoms with van der Waals surface area (Å²) in [5.41, 5.74) is 5.70. The third kappa shape index (κ3) is 2.92. The fourth-order valence-electron chi connectivity index (χ4n) is 2.69. The molecule has 0 aliphatic heterocycles. The topological polar surface area (TPSA) is 38.7 Å². The lowest BCUT2D eigenvalue weighted by atomic mass is 9.99. The summed E-state index contributed by atoms with van der Waals surface area (Å²) in [6.45, 7) is 0. The molecule has 3 nitrogen and oxygen atoms in total. The molecule has 0 amide bonds. The fourth-order valence-corrected chi connectivity index (χ4v) is 2.69. The Hall–Kier alpha value is -3.33. The molecule has 0 radical (unpaired) electrons. The van der Waals surface area contributed by atoms with Crippen molar-refractivity contribution >= 4 is 0 Å². The molecule has 0 spiro atoms. The first-order valence-corrected chi connectivity index (χ1v) is 7.78. The zero-order valence-electron chi connectivity index (χ0n) is 13.0. The first-order valence-electron chi connectivity index (χ1n) is 7.78. The lowest BCUT2D eigenvalue weighted by Gasteiger charge is -2.07. The number of nitrogens with zero attached hydrogens (tertiary/aromatic N) is 3.